The van der Waals surface area contributed by atoms with Gasteiger partial charge in [-0.05, 0) is 82.0 Å². The first-order valence-corrected chi connectivity index (χ1v) is 16.3. The summed E-state index contributed by atoms with van der Waals surface area (Å²) in [7, 11) is 3.01. The average Bonchev–Trinajstić information content (AvgIpc) is 3.49. The van der Waals surface area contributed by atoms with Crippen LogP contribution in [0.4, 0.5) is 0 Å². The predicted octanol–water partition coefficient (Wildman–Crippen LogP) is 8.72. The third kappa shape index (κ3) is 4.65. The van der Waals surface area contributed by atoms with Gasteiger partial charge in [0.1, 0.15) is 0 Å². The Morgan fingerprint density at radius 2 is 1.11 bits per heavy atom. The third-order valence-corrected chi connectivity index (χ3v) is 11.2. The predicted molar refractivity (Wildman–Crippen MR) is 174 cm³/mol. The molecule has 0 radical (unpaired) electrons. The Morgan fingerprint density at radius 3 is 1.66 bits per heavy atom. The van der Waals surface area contributed by atoms with Crippen molar-refractivity contribution in [2.75, 3.05) is 14.2 Å². The number of benzene rings is 3. The van der Waals surface area contributed by atoms with Crippen LogP contribution in [-0.2, 0) is 29.9 Å². The zero-order valence-corrected chi connectivity index (χ0v) is 25.9. The molecule has 0 spiro atoms. The van der Waals surface area contributed by atoms with Crippen LogP contribution in [0.15, 0.2) is 90.5 Å². The van der Waals surface area contributed by atoms with Crippen molar-refractivity contribution in [3.05, 3.63) is 113 Å². The van der Waals surface area contributed by atoms with E-state index in [1.165, 1.54) is 58.7 Å². The number of methoxy groups -OCH3 is 2. The number of fused-ring (bicyclic) bond motifs is 5. The highest BCUT2D eigenvalue weighted by Gasteiger charge is 2.49. The molecular formula is C40H42O4. The number of ether oxygens (including phenoxy) is 2. The van der Waals surface area contributed by atoms with Gasteiger partial charge in [0.05, 0.1) is 27.1 Å². The minimum absolute atomic E-state index is 0.135. The number of carbonyl (C=O) groups excluding carboxylic acids is 2. The van der Waals surface area contributed by atoms with Gasteiger partial charge in [0, 0.05) is 10.8 Å². The van der Waals surface area contributed by atoms with Crippen molar-refractivity contribution in [3.63, 3.8) is 0 Å². The first-order chi connectivity index (χ1) is 21.5. The number of esters is 2. The van der Waals surface area contributed by atoms with Crippen molar-refractivity contribution < 1.29 is 19.1 Å². The fraction of sp³-hybridized carbons (Fsp3) is 0.400. The van der Waals surface area contributed by atoms with Crippen molar-refractivity contribution in [1.82, 2.24) is 0 Å². The van der Waals surface area contributed by atoms with Gasteiger partial charge < -0.3 is 9.47 Å². The Kier molecular flexibility index (Phi) is 7.56. The van der Waals surface area contributed by atoms with Gasteiger partial charge in [-0.25, -0.2) is 0 Å². The van der Waals surface area contributed by atoms with E-state index in [0.717, 1.165) is 51.4 Å². The van der Waals surface area contributed by atoms with Crippen molar-refractivity contribution in [2.24, 2.45) is 11.8 Å². The molecule has 1 unspecified atom stereocenters. The van der Waals surface area contributed by atoms with Crippen molar-refractivity contribution >= 4 is 17.5 Å². The molecule has 1 fully saturated rings. The van der Waals surface area contributed by atoms with Gasteiger partial charge in [0.2, 0.25) is 0 Å². The van der Waals surface area contributed by atoms with Crippen LogP contribution in [0.3, 0.4) is 0 Å². The van der Waals surface area contributed by atoms with Gasteiger partial charge in [-0.1, -0.05) is 111 Å². The minimum Gasteiger partial charge on any atom is -0.469 e. The molecule has 1 saturated carbocycles. The molecule has 1 atom stereocenters. The van der Waals surface area contributed by atoms with Crippen LogP contribution in [0.25, 0.3) is 16.7 Å². The highest BCUT2D eigenvalue weighted by molar-refractivity contribution is 5.87. The number of rotatable bonds is 8. The lowest BCUT2D eigenvalue weighted by Gasteiger charge is -2.41. The van der Waals surface area contributed by atoms with E-state index in [9.17, 15) is 9.59 Å². The lowest BCUT2D eigenvalue weighted by molar-refractivity contribution is -0.143. The Hall–Kier alpha value is -3.92. The Bertz CT molecular complexity index is 1610. The van der Waals surface area contributed by atoms with Crippen molar-refractivity contribution in [2.45, 2.75) is 75.0 Å². The average molecular weight is 587 g/mol. The van der Waals surface area contributed by atoms with Gasteiger partial charge in [-0.15, -0.1) is 0 Å². The molecule has 0 bridgehead atoms. The second kappa shape index (κ2) is 11.5. The van der Waals surface area contributed by atoms with E-state index < -0.39 is 0 Å². The van der Waals surface area contributed by atoms with Gasteiger partial charge >= 0.3 is 11.9 Å². The zero-order valence-electron chi connectivity index (χ0n) is 25.9. The molecule has 0 amide bonds. The summed E-state index contributed by atoms with van der Waals surface area (Å²) in [5.74, 6) is 0.738. The maximum atomic E-state index is 13.0. The van der Waals surface area contributed by atoms with Gasteiger partial charge in [-0.2, -0.15) is 0 Å². The molecule has 0 N–H and O–H groups in total. The van der Waals surface area contributed by atoms with E-state index in [1.807, 2.05) is 0 Å². The first kappa shape index (κ1) is 28.8. The van der Waals surface area contributed by atoms with E-state index in [4.69, 9.17) is 9.47 Å². The summed E-state index contributed by atoms with van der Waals surface area (Å²) in [6, 6.07) is 26.0. The zero-order chi connectivity index (χ0) is 30.3. The fourth-order valence-electron chi connectivity index (χ4n) is 9.34. The molecule has 3 aromatic rings. The van der Waals surface area contributed by atoms with E-state index in [2.05, 4.69) is 84.9 Å². The Labute approximate surface area is 261 Å². The molecule has 4 heteroatoms. The maximum Gasteiger partial charge on any atom is 0.306 e. The summed E-state index contributed by atoms with van der Waals surface area (Å²) in [5, 5.41) is 0. The molecule has 4 aliphatic carbocycles. The summed E-state index contributed by atoms with van der Waals surface area (Å²) in [4.78, 5) is 26.0. The molecule has 0 saturated heterocycles. The maximum absolute atomic E-state index is 13.0. The van der Waals surface area contributed by atoms with Crippen LogP contribution in [0.5, 0.6) is 0 Å². The van der Waals surface area contributed by atoms with Gasteiger partial charge in [0.15, 0.2) is 0 Å². The highest BCUT2D eigenvalue weighted by Crippen LogP contribution is 2.58. The molecule has 3 aromatic carbocycles. The second-order valence-electron chi connectivity index (χ2n) is 13.4. The van der Waals surface area contributed by atoms with Gasteiger partial charge in [0.25, 0.3) is 0 Å². The summed E-state index contributed by atoms with van der Waals surface area (Å²) >= 11 is 0. The second-order valence-corrected chi connectivity index (χ2v) is 13.4. The third-order valence-electron chi connectivity index (χ3n) is 11.2. The van der Waals surface area contributed by atoms with Gasteiger partial charge in [-0.3, -0.25) is 9.59 Å². The first-order valence-electron chi connectivity index (χ1n) is 16.3. The molecule has 44 heavy (non-hydrogen) atoms. The summed E-state index contributed by atoms with van der Waals surface area (Å²) in [6.45, 7) is 0. The molecule has 0 aromatic heterocycles. The van der Waals surface area contributed by atoms with Crippen LogP contribution < -0.4 is 0 Å². The number of hydrogen-bond donors (Lipinski definition) is 0. The largest absolute Gasteiger partial charge is 0.469 e. The summed E-state index contributed by atoms with van der Waals surface area (Å²) < 4.78 is 10.6. The summed E-state index contributed by atoms with van der Waals surface area (Å²) in [5.41, 5.74) is 9.70. The van der Waals surface area contributed by atoms with Crippen LogP contribution in [0.1, 0.15) is 86.5 Å². The van der Waals surface area contributed by atoms with Crippen LogP contribution in [0, 0.1) is 11.8 Å². The standard InChI is InChI=1S/C40H42O4/c1-43-37(41)25-39(33-15-7-3-11-29(33)30-12-4-8-16-34(30)39)23-27-19-21-28(22-20-27)24-40(26-38(42)44-2)35-17-9-5-13-31(35)32-14-6-10-18-36(32)40/h3-5,7-13,15-18,27-28H,6,14,19-26H2,1-2H3. The Balaban J connectivity index is 1.16. The SMILES string of the molecule is COC(=O)CC1(CC2CCC(CC3(CC(=O)OC)c4ccccc4-c4ccccc43)CC2)C2=C(CCC=C2)c2ccccc21. The van der Waals surface area contributed by atoms with Crippen molar-refractivity contribution in [3.8, 4) is 11.1 Å². The molecule has 4 aliphatic rings. The lowest BCUT2D eigenvalue weighted by Crippen LogP contribution is -2.35. The highest BCUT2D eigenvalue weighted by atomic mass is 16.5. The molecule has 0 heterocycles. The normalized spacial score (nSPS) is 24.2. The molecule has 0 aliphatic heterocycles. The minimum atomic E-state index is -0.374. The van der Waals surface area contributed by atoms with E-state index in [1.54, 1.807) is 0 Å². The smallest absolute Gasteiger partial charge is 0.306 e. The molecule has 7 rings (SSSR count). The molecule has 226 valence electrons. The summed E-state index contributed by atoms with van der Waals surface area (Å²) in [6.07, 6.45) is 13.8. The van der Waals surface area contributed by atoms with Crippen LogP contribution in [0.2, 0.25) is 0 Å². The van der Waals surface area contributed by atoms with Crippen LogP contribution >= 0.6 is 0 Å². The quantitative estimate of drug-likeness (QED) is 0.248. The monoisotopic (exact) mass is 586 g/mol. The number of hydrogen-bond acceptors (Lipinski definition) is 4. The van der Waals surface area contributed by atoms with E-state index in [0.29, 0.717) is 24.7 Å². The van der Waals surface area contributed by atoms with Crippen molar-refractivity contribution in [1.29, 1.82) is 0 Å². The topological polar surface area (TPSA) is 52.6 Å². The fourth-order valence-corrected chi connectivity index (χ4v) is 9.34. The number of allylic oxidation sites excluding steroid dienone is 4. The van der Waals surface area contributed by atoms with Crippen LogP contribution in [-0.4, -0.2) is 26.2 Å². The Morgan fingerprint density at radius 1 is 0.659 bits per heavy atom. The molecular weight excluding hydrogens is 544 g/mol. The molecule has 4 nitrogen and oxygen atoms in total. The lowest BCUT2D eigenvalue weighted by atomic mass is 9.63. The van der Waals surface area contributed by atoms with E-state index in [-0.39, 0.29) is 22.8 Å². The number of carbonyl (C=O) groups is 2. The van der Waals surface area contributed by atoms with E-state index >= 15 is 0 Å².